The number of hydrogen-bond acceptors (Lipinski definition) is 2. The summed E-state index contributed by atoms with van der Waals surface area (Å²) >= 11 is 3.52. The highest BCUT2D eigenvalue weighted by atomic mass is 79.9. The Kier molecular flexibility index (Phi) is 5.37. The minimum Gasteiger partial charge on any atom is -0.329 e. The van der Waals surface area contributed by atoms with Crippen molar-refractivity contribution in [3.63, 3.8) is 0 Å². The largest absolute Gasteiger partial charge is 0.329 e. The van der Waals surface area contributed by atoms with Gasteiger partial charge in [-0.05, 0) is 49.1 Å². The summed E-state index contributed by atoms with van der Waals surface area (Å²) in [4.78, 5) is 2.40. The standard InChI is InChI=1S/C15H22BrFN2/c1-2-3-11-6-7-19(10-11)15(9-18)13-8-12(17)4-5-14(13)16/h4-5,8,11,15H,2-3,6-7,9-10,18H2,1H3. The summed E-state index contributed by atoms with van der Waals surface area (Å²) in [6.45, 7) is 4.90. The molecule has 106 valence electrons. The maximum atomic E-state index is 13.4. The fraction of sp³-hybridized carbons (Fsp3) is 0.600. The molecule has 0 amide bonds. The molecule has 0 aromatic heterocycles. The summed E-state index contributed by atoms with van der Waals surface area (Å²) < 4.78 is 14.4. The quantitative estimate of drug-likeness (QED) is 0.892. The van der Waals surface area contributed by atoms with E-state index in [2.05, 4.69) is 27.8 Å². The zero-order chi connectivity index (χ0) is 13.8. The molecule has 2 rings (SSSR count). The van der Waals surface area contributed by atoms with Crippen molar-refractivity contribution in [1.82, 2.24) is 4.90 Å². The molecule has 19 heavy (non-hydrogen) atoms. The van der Waals surface area contributed by atoms with E-state index in [1.54, 1.807) is 12.1 Å². The Morgan fingerprint density at radius 3 is 3.00 bits per heavy atom. The maximum Gasteiger partial charge on any atom is 0.123 e. The third-order valence-corrected chi connectivity index (χ3v) is 4.72. The van der Waals surface area contributed by atoms with Crippen LogP contribution in [0.3, 0.4) is 0 Å². The van der Waals surface area contributed by atoms with E-state index in [1.807, 2.05) is 0 Å². The third-order valence-electron chi connectivity index (χ3n) is 4.00. The topological polar surface area (TPSA) is 29.3 Å². The minimum atomic E-state index is -0.194. The molecule has 1 aliphatic heterocycles. The summed E-state index contributed by atoms with van der Waals surface area (Å²) in [6.07, 6.45) is 3.74. The smallest absolute Gasteiger partial charge is 0.123 e. The number of benzene rings is 1. The van der Waals surface area contributed by atoms with Crippen molar-refractivity contribution in [1.29, 1.82) is 0 Å². The summed E-state index contributed by atoms with van der Waals surface area (Å²) in [5.74, 6) is 0.576. The lowest BCUT2D eigenvalue weighted by Crippen LogP contribution is -2.32. The van der Waals surface area contributed by atoms with Gasteiger partial charge in [0, 0.05) is 23.6 Å². The Morgan fingerprint density at radius 1 is 1.53 bits per heavy atom. The van der Waals surface area contributed by atoms with Gasteiger partial charge in [-0.25, -0.2) is 4.39 Å². The molecule has 1 aromatic rings. The van der Waals surface area contributed by atoms with E-state index in [9.17, 15) is 4.39 Å². The molecule has 1 fully saturated rings. The van der Waals surface area contributed by atoms with Crippen molar-refractivity contribution in [3.05, 3.63) is 34.1 Å². The lowest BCUT2D eigenvalue weighted by atomic mass is 10.0. The molecule has 2 atom stereocenters. The molecule has 1 aromatic carbocycles. The first-order valence-electron chi connectivity index (χ1n) is 7.04. The number of nitrogens with zero attached hydrogens (tertiary/aromatic N) is 1. The van der Waals surface area contributed by atoms with Crippen LogP contribution in [0.1, 0.15) is 37.8 Å². The van der Waals surface area contributed by atoms with Gasteiger partial charge in [0.15, 0.2) is 0 Å². The van der Waals surface area contributed by atoms with Gasteiger partial charge in [0.05, 0.1) is 0 Å². The van der Waals surface area contributed by atoms with Crippen LogP contribution in [0.5, 0.6) is 0 Å². The summed E-state index contributed by atoms with van der Waals surface area (Å²) in [5.41, 5.74) is 6.91. The van der Waals surface area contributed by atoms with Gasteiger partial charge in [0.2, 0.25) is 0 Å². The van der Waals surface area contributed by atoms with Crippen molar-refractivity contribution in [2.75, 3.05) is 19.6 Å². The Labute approximate surface area is 123 Å². The number of nitrogens with two attached hydrogens (primary N) is 1. The summed E-state index contributed by atoms with van der Waals surface area (Å²) in [7, 11) is 0. The lowest BCUT2D eigenvalue weighted by molar-refractivity contribution is 0.238. The molecule has 4 heteroatoms. The molecule has 2 N–H and O–H groups in total. The van der Waals surface area contributed by atoms with E-state index >= 15 is 0 Å². The first kappa shape index (κ1) is 14.9. The molecule has 1 aliphatic rings. The second-order valence-electron chi connectivity index (χ2n) is 5.36. The van der Waals surface area contributed by atoms with Gasteiger partial charge >= 0.3 is 0 Å². The fourth-order valence-corrected chi connectivity index (χ4v) is 3.54. The molecular formula is C15H22BrFN2. The van der Waals surface area contributed by atoms with Crippen LogP contribution >= 0.6 is 15.9 Å². The van der Waals surface area contributed by atoms with E-state index in [0.717, 1.165) is 29.0 Å². The van der Waals surface area contributed by atoms with Crippen molar-refractivity contribution in [2.45, 2.75) is 32.2 Å². The molecule has 1 saturated heterocycles. The molecule has 0 bridgehead atoms. The van der Waals surface area contributed by atoms with Gasteiger partial charge in [0.1, 0.15) is 5.82 Å². The van der Waals surface area contributed by atoms with Gasteiger partial charge in [-0.1, -0.05) is 29.3 Å². The average molecular weight is 329 g/mol. The molecule has 2 nitrogen and oxygen atoms in total. The Hall–Kier alpha value is -0.450. The Balaban J connectivity index is 2.14. The number of likely N-dealkylation sites (tertiary alicyclic amines) is 1. The number of rotatable bonds is 5. The molecule has 1 heterocycles. The second kappa shape index (κ2) is 6.82. The highest BCUT2D eigenvalue weighted by molar-refractivity contribution is 9.10. The van der Waals surface area contributed by atoms with E-state index in [1.165, 1.54) is 25.3 Å². The normalized spacial score (nSPS) is 21.8. The Bertz CT molecular complexity index is 425. The van der Waals surface area contributed by atoms with Gasteiger partial charge in [-0.3, -0.25) is 4.90 Å². The maximum absolute atomic E-state index is 13.4. The Morgan fingerprint density at radius 2 is 2.32 bits per heavy atom. The van der Waals surface area contributed by atoms with E-state index in [0.29, 0.717) is 6.54 Å². The van der Waals surface area contributed by atoms with Crippen molar-refractivity contribution in [3.8, 4) is 0 Å². The van der Waals surface area contributed by atoms with Crippen LogP contribution in [-0.4, -0.2) is 24.5 Å². The van der Waals surface area contributed by atoms with E-state index in [-0.39, 0.29) is 11.9 Å². The van der Waals surface area contributed by atoms with E-state index in [4.69, 9.17) is 5.73 Å². The van der Waals surface area contributed by atoms with Gasteiger partial charge < -0.3 is 5.73 Å². The van der Waals surface area contributed by atoms with Crippen molar-refractivity contribution < 1.29 is 4.39 Å². The van der Waals surface area contributed by atoms with Crippen LogP contribution in [-0.2, 0) is 0 Å². The SMILES string of the molecule is CCCC1CCN(C(CN)c2cc(F)ccc2Br)C1. The van der Waals surface area contributed by atoms with Crippen LogP contribution in [0, 0.1) is 11.7 Å². The summed E-state index contributed by atoms with van der Waals surface area (Å²) in [6, 6.07) is 4.97. The van der Waals surface area contributed by atoms with Crippen LogP contribution < -0.4 is 5.73 Å². The van der Waals surface area contributed by atoms with E-state index < -0.39 is 0 Å². The van der Waals surface area contributed by atoms with Crippen molar-refractivity contribution >= 4 is 15.9 Å². The van der Waals surface area contributed by atoms with Crippen LogP contribution in [0.2, 0.25) is 0 Å². The third kappa shape index (κ3) is 3.56. The van der Waals surface area contributed by atoms with Gasteiger partial charge in [-0.2, -0.15) is 0 Å². The molecule has 0 aliphatic carbocycles. The summed E-state index contributed by atoms with van der Waals surface area (Å²) in [5, 5.41) is 0. The monoisotopic (exact) mass is 328 g/mol. The van der Waals surface area contributed by atoms with Gasteiger partial charge in [0.25, 0.3) is 0 Å². The van der Waals surface area contributed by atoms with Crippen molar-refractivity contribution in [2.24, 2.45) is 11.7 Å². The highest BCUT2D eigenvalue weighted by Gasteiger charge is 2.29. The molecule has 0 radical (unpaired) electrons. The number of hydrogen-bond donors (Lipinski definition) is 1. The predicted molar refractivity (Wildman–Crippen MR) is 80.5 cm³/mol. The second-order valence-corrected chi connectivity index (χ2v) is 6.21. The van der Waals surface area contributed by atoms with Crippen LogP contribution in [0.25, 0.3) is 0 Å². The van der Waals surface area contributed by atoms with Crippen LogP contribution in [0.15, 0.2) is 22.7 Å². The lowest BCUT2D eigenvalue weighted by Gasteiger charge is -2.28. The molecule has 0 spiro atoms. The van der Waals surface area contributed by atoms with Crippen LogP contribution in [0.4, 0.5) is 4.39 Å². The average Bonchev–Trinajstić information content (AvgIpc) is 2.83. The van der Waals surface area contributed by atoms with Gasteiger partial charge in [-0.15, -0.1) is 0 Å². The molecule has 2 unspecified atom stereocenters. The molecular weight excluding hydrogens is 307 g/mol. The number of halogens is 2. The zero-order valence-electron chi connectivity index (χ0n) is 11.4. The highest BCUT2D eigenvalue weighted by Crippen LogP contribution is 2.33. The fourth-order valence-electron chi connectivity index (χ4n) is 3.03. The predicted octanol–water partition coefficient (Wildman–Crippen LogP) is 3.71. The first-order valence-corrected chi connectivity index (χ1v) is 7.84. The molecule has 0 saturated carbocycles. The first-order chi connectivity index (χ1) is 9.15. The minimum absolute atomic E-state index is 0.118. The zero-order valence-corrected chi connectivity index (χ0v) is 13.0.